The van der Waals surface area contributed by atoms with Crippen LogP contribution in [0.15, 0.2) is 0 Å². The number of cyclic esters (lactones) is 4. The van der Waals surface area contributed by atoms with Crippen LogP contribution < -0.4 is 0 Å². The second-order valence-electron chi connectivity index (χ2n) is 3.01. The molecule has 2 saturated heterocycles. The molecule has 0 bridgehead atoms. The maximum absolute atomic E-state index is 10.4. The van der Waals surface area contributed by atoms with E-state index in [1.807, 2.05) is 0 Å². The highest BCUT2D eigenvalue weighted by Crippen LogP contribution is 2.01. The molecule has 8 heteroatoms. The van der Waals surface area contributed by atoms with Crippen LogP contribution in [0.2, 0.25) is 0 Å². The zero-order valence-corrected chi connectivity index (χ0v) is 8.96. The van der Waals surface area contributed by atoms with Gasteiger partial charge in [-0.3, -0.25) is 0 Å². The van der Waals surface area contributed by atoms with Gasteiger partial charge in [0.15, 0.2) is 12.7 Å². The molecule has 2 aliphatic rings. The van der Waals surface area contributed by atoms with E-state index in [0.29, 0.717) is 0 Å². The molecule has 0 saturated carbocycles. The molecule has 17 heavy (non-hydrogen) atoms. The minimum atomic E-state index is -0.892. The monoisotopic (exact) mass is 246 g/mol. The summed E-state index contributed by atoms with van der Waals surface area (Å²) in [5.74, 6) is -2.75. The molecular weight excluding hydrogens is 236 g/mol. The quantitative estimate of drug-likeness (QED) is 0.291. The third kappa shape index (κ3) is 4.09. The van der Waals surface area contributed by atoms with Crippen molar-refractivity contribution in [3.63, 3.8) is 0 Å². The number of carbonyl (C=O) groups excluding carboxylic acids is 4. The summed E-state index contributed by atoms with van der Waals surface area (Å²) in [5, 5.41) is 0. The summed E-state index contributed by atoms with van der Waals surface area (Å²) in [5.41, 5.74) is 0. The van der Waals surface area contributed by atoms with Gasteiger partial charge < -0.3 is 18.9 Å². The Morgan fingerprint density at radius 3 is 1.82 bits per heavy atom. The lowest BCUT2D eigenvalue weighted by Gasteiger charge is -2.16. The first kappa shape index (κ1) is 12.9. The maximum atomic E-state index is 10.4. The summed E-state index contributed by atoms with van der Waals surface area (Å²) in [6.07, 6.45) is -0.730. The molecule has 0 amide bonds. The zero-order valence-electron chi connectivity index (χ0n) is 8.96. The molecule has 0 aliphatic carbocycles. The average molecular weight is 246 g/mol. The van der Waals surface area contributed by atoms with E-state index in [2.05, 4.69) is 18.9 Å². The largest absolute Gasteiger partial charge is 0.454 e. The van der Waals surface area contributed by atoms with Crippen LogP contribution in [0.4, 0.5) is 0 Å². The molecule has 1 atom stereocenters. The van der Waals surface area contributed by atoms with Crippen LogP contribution in [-0.2, 0) is 38.1 Å². The van der Waals surface area contributed by atoms with Crippen molar-refractivity contribution >= 4 is 23.9 Å². The molecule has 2 fully saturated rings. The highest BCUT2D eigenvalue weighted by molar-refractivity contribution is 6.30. The van der Waals surface area contributed by atoms with Gasteiger partial charge in [-0.1, -0.05) is 0 Å². The van der Waals surface area contributed by atoms with Gasteiger partial charge in [0.25, 0.3) is 0 Å². The lowest BCUT2D eigenvalue weighted by Crippen LogP contribution is -2.35. The van der Waals surface area contributed by atoms with Crippen molar-refractivity contribution in [1.29, 1.82) is 0 Å². The lowest BCUT2D eigenvalue weighted by atomic mass is 10.4. The van der Waals surface area contributed by atoms with E-state index < -0.39 is 30.0 Å². The standard InChI is InChI=1S/C5H6O4.C4H4O4/c1-3-5(7)8-2-4(6)9-3;5-3-4(6)8-2-1-7-3/h3H,2H2,1H3;1-2H2. The van der Waals surface area contributed by atoms with Crippen LogP contribution in [0.5, 0.6) is 0 Å². The third-order valence-corrected chi connectivity index (χ3v) is 1.69. The Labute approximate surface area is 95.8 Å². The number of carbonyl (C=O) groups is 4. The number of ether oxygens (including phenoxy) is 4. The Hall–Kier alpha value is -2.12. The van der Waals surface area contributed by atoms with Crippen LogP contribution in [0.1, 0.15) is 6.92 Å². The van der Waals surface area contributed by atoms with Crippen LogP contribution in [-0.4, -0.2) is 49.8 Å². The molecule has 0 aromatic heterocycles. The van der Waals surface area contributed by atoms with Crippen LogP contribution in [0.3, 0.4) is 0 Å². The molecule has 0 radical (unpaired) electrons. The molecule has 8 nitrogen and oxygen atoms in total. The maximum Gasteiger partial charge on any atom is 0.417 e. The first-order valence-corrected chi connectivity index (χ1v) is 4.70. The third-order valence-electron chi connectivity index (χ3n) is 1.69. The van der Waals surface area contributed by atoms with E-state index in [0.717, 1.165) is 0 Å². The molecule has 0 aromatic carbocycles. The summed E-state index contributed by atoms with van der Waals surface area (Å²) in [7, 11) is 0. The SMILES string of the molecule is CC1OC(=O)COC1=O.O=C1OCCOC1=O. The van der Waals surface area contributed by atoms with Crippen molar-refractivity contribution in [3.05, 3.63) is 0 Å². The first-order valence-electron chi connectivity index (χ1n) is 4.70. The molecule has 0 aromatic rings. The average Bonchev–Trinajstić information content (AvgIpc) is 2.29. The highest BCUT2D eigenvalue weighted by atomic mass is 16.6. The topological polar surface area (TPSA) is 105 Å². The van der Waals surface area contributed by atoms with Gasteiger partial charge in [0, 0.05) is 0 Å². The molecule has 1 unspecified atom stereocenters. The van der Waals surface area contributed by atoms with Gasteiger partial charge in [-0.05, 0) is 6.92 Å². The van der Waals surface area contributed by atoms with Crippen molar-refractivity contribution in [2.75, 3.05) is 19.8 Å². The normalized spacial score (nSPS) is 23.5. The summed E-state index contributed by atoms with van der Waals surface area (Å²) in [4.78, 5) is 41.0. The summed E-state index contributed by atoms with van der Waals surface area (Å²) in [6.45, 7) is 1.59. The molecule has 0 spiro atoms. The summed E-state index contributed by atoms with van der Waals surface area (Å²) < 4.78 is 17.4. The second kappa shape index (κ2) is 5.83. The van der Waals surface area contributed by atoms with E-state index in [4.69, 9.17) is 0 Å². The second-order valence-corrected chi connectivity index (χ2v) is 3.01. The van der Waals surface area contributed by atoms with Crippen molar-refractivity contribution in [1.82, 2.24) is 0 Å². The molecule has 2 rings (SSSR count). The van der Waals surface area contributed by atoms with E-state index in [9.17, 15) is 19.2 Å². The number of rotatable bonds is 0. The fourth-order valence-corrected chi connectivity index (χ4v) is 0.913. The van der Waals surface area contributed by atoms with Crippen molar-refractivity contribution in [3.8, 4) is 0 Å². The minimum absolute atomic E-state index is 0.185. The van der Waals surface area contributed by atoms with Gasteiger partial charge in [-0.25, -0.2) is 19.2 Å². The zero-order chi connectivity index (χ0) is 12.8. The lowest BCUT2D eigenvalue weighted by molar-refractivity contribution is -0.183. The van der Waals surface area contributed by atoms with Gasteiger partial charge in [-0.2, -0.15) is 0 Å². The fourth-order valence-electron chi connectivity index (χ4n) is 0.913. The van der Waals surface area contributed by atoms with E-state index in [-0.39, 0.29) is 19.8 Å². The number of esters is 4. The van der Waals surface area contributed by atoms with E-state index >= 15 is 0 Å². The number of hydrogen-bond acceptors (Lipinski definition) is 8. The summed E-state index contributed by atoms with van der Waals surface area (Å²) >= 11 is 0. The van der Waals surface area contributed by atoms with Gasteiger partial charge >= 0.3 is 23.9 Å². The van der Waals surface area contributed by atoms with Crippen LogP contribution in [0, 0.1) is 0 Å². The van der Waals surface area contributed by atoms with Crippen molar-refractivity contribution in [2.24, 2.45) is 0 Å². The smallest absolute Gasteiger partial charge is 0.417 e. The Balaban J connectivity index is 0.000000171. The van der Waals surface area contributed by atoms with Crippen LogP contribution >= 0.6 is 0 Å². The predicted molar refractivity (Wildman–Crippen MR) is 48.4 cm³/mol. The Bertz CT molecular complexity index is 331. The first-order chi connectivity index (χ1) is 8.00. The molecule has 0 N–H and O–H groups in total. The molecular formula is C9H10O8. The van der Waals surface area contributed by atoms with Gasteiger partial charge in [0.05, 0.1) is 0 Å². The van der Waals surface area contributed by atoms with E-state index in [1.54, 1.807) is 0 Å². The van der Waals surface area contributed by atoms with E-state index in [1.165, 1.54) is 6.92 Å². The van der Waals surface area contributed by atoms with Crippen molar-refractivity contribution in [2.45, 2.75) is 13.0 Å². The molecule has 94 valence electrons. The van der Waals surface area contributed by atoms with Gasteiger partial charge in [0.1, 0.15) is 13.2 Å². The fraction of sp³-hybridized carbons (Fsp3) is 0.556. The van der Waals surface area contributed by atoms with Gasteiger partial charge in [0.2, 0.25) is 0 Å². The molecule has 2 aliphatic heterocycles. The minimum Gasteiger partial charge on any atom is -0.454 e. The Kier molecular flexibility index (Phi) is 4.44. The highest BCUT2D eigenvalue weighted by Gasteiger charge is 2.25. The Morgan fingerprint density at radius 1 is 0.941 bits per heavy atom. The van der Waals surface area contributed by atoms with Crippen LogP contribution in [0.25, 0.3) is 0 Å². The predicted octanol–water partition coefficient (Wildman–Crippen LogP) is -1.44. The van der Waals surface area contributed by atoms with Crippen molar-refractivity contribution < 1.29 is 38.1 Å². The van der Waals surface area contributed by atoms with Gasteiger partial charge in [-0.15, -0.1) is 0 Å². The Morgan fingerprint density at radius 2 is 1.47 bits per heavy atom. The number of hydrogen-bond donors (Lipinski definition) is 0. The summed E-state index contributed by atoms with van der Waals surface area (Å²) in [6, 6.07) is 0. The molecule has 2 heterocycles.